The van der Waals surface area contributed by atoms with Gasteiger partial charge in [0.25, 0.3) is 0 Å². The third kappa shape index (κ3) is 2.35. The van der Waals surface area contributed by atoms with E-state index in [0.29, 0.717) is 13.0 Å². The van der Waals surface area contributed by atoms with E-state index in [-0.39, 0.29) is 11.8 Å². The summed E-state index contributed by atoms with van der Waals surface area (Å²) >= 11 is 0. The molecule has 4 rings (SSSR count). The minimum absolute atomic E-state index is 0.252. The molecule has 0 N–H and O–H groups in total. The first-order chi connectivity index (χ1) is 10.8. The lowest BCUT2D eigenvalue weighted by Crippen LogP contribution is -2.28. The van der Waals surface area contributed by atoms with Gasteiger partial charge in [0.2, 0.25) is 5.91 Å². The maximum absolute atomic E-state index is 12.7. The van der Waals surface area contributed by atoms with Crippen molar-refractivity contribution >= 4 is 5.91 Å². The first kappa shape index (κ1) is 13.3. The second kappa shape index (κ2) is 5.45. The first-order valence-electron chi connectivity index (χ1n) is 7.90. The Morgan fingerprint density at radius 3 is 2.68 bits per heavy atom. The molecule has 0 bridgehead atoms. The number of hydrogen-bond donors (Lipinski definition) is 0. The predicted molar refractivity (Wildman–Crippen MR) is 87.3 cm³/mol. The highest BCUT2D eigenvalue weighted by molar-refractivity contribution is 5.79. The van der Waals surface area contributed by atoms with Gasteiger partial charge in [-0.05, 0) is 28.7 Å². The van der Waals surface area contributed by atoms with Gasteiger partial charge >= 0.3 is 0 Å². The van der Waals surface area contributed by atoms with Crippen molar-refractivity contribution in [1.82, 2.24) is 4.90 Å². The van der Waals surface area contributed by atoms with Crippen molar-refractivity contribution < 1.29 is 4.79 Å². The molecule has 1 aliphatic heterocycles. The van der Waals surface area contributed by atoms with Crippen molar-refractivity contribution in [2.24, 2.45) is 0 Å². The molecule has 2 nitrogen and oxygen atoms in total. The topological polar surface area (TPSA) is 20.3 Å². The molecule has 0 saturated carbocycles. The molecule has 0 fully saturated rings. The van der Waals surface area contributed by atoms with Crippen LogP contribution in [0.5, 0.6) is 0 Å². The number of amides is 1. The Bertz CT molecular complexity index is 733. The molecule has 0 aromatic heterocycles. The molecular weight excluding hydrogens is 270 g/mol. The Morgan fingerprint density at radius 2 is 1.82 bits per heavy atom. The van der Waals surface area contributed by atoms with Crippen LogP contribution in [0.4, 0.5) is 0 Å². The number of carbonyl (C=O) groups is 1. The average Bonchev–Trinajstić information content (AvgIpc) is 2.68. The number of allylic oxidation sites excluding steroid dienone is 2. The normalized spacial score (nSPS) is 19.7. The van der Waals surface area contributed by atoms with Crippen molar-refractivity contribution in [2.75, 3.05) is 0 Å². The Morgan fingerprint density at radius 1 is 1.00 bits per heavy atom. The average molecular weight is 289 g/mol. The van der Waals surface area contributed by atoms with Gasteiger partial charge in [0, 0.05) is 25.4 Å². The number of carbonyl (C=O) groups excluding carboxylic acids is 1. The summed E-state index contributed by atoms with van der Waals surface area (Å²) in [5.41, 5.74) is 5.29. The van der Waals surface area contributed by atoms with E-state index in [1.807, 2.05) is 23.1 Å². The number of rotatable bonds is 2. The van der Waals surface area contributed by atoms with Gasteiger partial charge in [-0.1, -0.05) is 60.7 Å². The van der Waals surface area contributed by atoms with E-state index in [1.54, 1.807) is 0 Å². The summed E-state index contributed by atoms with van der Waals surface area (Å²) in [6, 6.07) is 16.8. The van der Waals surface area contributed by atoms with Crippen molar-refractivity contribution in [3.05, 3.63) is 82.9 Å². The van der Waals surface area contributed by atoms with Gasteiger partial charge in [-0.25, -0.2) is 0 Å². The zero-order valence-electron chi connectivity index (χ0n) is 12.5. The largest absolute Gasteiger partial charge is 0.334 e. The van der Waals surface area contributed by atoms with Gasteiger partial charge < -0.3 is 4.90 Å². The van der Waals surface area contributed by atoms with Crippen molar-refractivity contribution in [1.29, 1.82) is 0 Å². The van der Waals surface area contributed by atoms with Crippen molar-refractivity contribution in [3.63, 3.8) is 0 Å². The van der Waals surface area contributed by atoms with Gasteiger partial charge in [-0.3, -0.25) is 4.79 Å². The van der Waals surface area contributed by atoms with Crippen LogP contribution in [0.2, 0.25) is 0 Å². The molecule has 1 aliphatic carbocycles. The molecule has 110 valence electrons. The lowest BCUT2D eigenvalue weighted by Gasteiger charge is -2.21. The molecular formula is C20H19NO. The van der Waals surface area contributed by atoms with E-state index in [0.717, 1.165) is 13.0 Å². The van der Waals surface area contributed by atoms with Gasteiger partial charge in [-0.2, -0.15) is 0 Å². The van der Waals surface area contributed by atoms with Crippen LogP contribution in [0.25, 0.3) is 0 Å². The highest BCUT2D eigenvalue weighted by atomic mass is 16.2. The Hall–Kier alpha value is -2.35. The minimum atomic E-state index is 0.252. The molecule has 1 atom stereocenters. The van der Waals surface area contributed by atoms with E-state index < -0.39 is 0 Å². The van der Waals surface area contributed by atoms with Crippen molar-refractivity contribution in [2.45, 2.75) is 31.8 Å². The second-order valence-electron chi connectivity index (χ2n) is 6.17. The van der Waals surface area contributed by atoms with Crippen LogP contribution in [-0.4, -0.2) is 10.8 Å². The fraction of sp³-hybridized carbons (Fsp3) is 0.250. The summed E-state index contributed by atoms with van der Waals surface area (Å²) in [4.78, 5) is 14.7. The fourth-order valence-electron chi connectivity index (χ4n) is 3.64. The van der Waals surface area contributed by atoms with Gasteiger partial charge in [0.1, 0.15) is 0 Å². The SMILES string of the molecule is O=C1C[C@H]2C=CCc3cccc(c32)CN1Cc1ccccc1. The van der Waals surface area contributed by atoms with E-state index in [1.165, 1.54) is 22.3 Å². The number of hydrogen-bond acceptors (Lipinski definition) is 1. The van der Waals surface area contributed by atoms with Crippen LogP contribution in [0, 0.1) is 0 Å². The lowest BCUT2D eigenvalue weighted by molar-refractivity contribution is -0.132. The summed E-state index contributed by atoms with van der Waals surface area (Å²) < 4.78 is 0. The Labute approximate surface area is 131 Å². The molecule has 2 aliphatic rings. The standard InChI is InChI=1S/C20H19NO/c22-19-12-17-10-4-8-16-9-5-11-18(20(16)17)14-21(19)13-15-6-2-1-3-7-15/h1-7,9-11,17H,8,12-14H2/t17-/m1/s1. The maximum Gasteiger partial charge on any atom is 0.224 e. The van der Waals surface area contributed by atoms with E-state index >= 15 is 0 Å². The van der Waals surface area contributed by atoms with Crippen LogP contribution in [-0.2, 0) is 24.3 Å². The molecule has 0 saturated heterocycles. The zero-order valence-corrected chi connectivity index (χ0v) is 12.5. The number of benzene rings is 2. The van der Waals surface area contributed by atoms with Crippen LogP contribution in [0.3, 0.4) is 0 Å². The Balaban J connectivity index is 1.69. The zero-order chi connectivity index (χ0) is 14.9. The summed E-state index contributed by atoms with van der Waals surface area (Å²) in [5.74, 6) is 0.510. The monoisotopic (exact) mass is 289 g/mol. The molecule has 2 aromatic carbocycles. The van der Waals surface area contributed by atoms with Crippen molar-refractivity contribution in [3.8, 4) is 0 Å². The molecule has 1 heterocycles. The third-order valence-electron chi connectivity index (χ3n) is 4.69. The third-order valence-corrected chi connectivity index (χ3v) is 4.69. The fourth-order valence-corrected chi connectivity index (χ4v) is 3.64. The molecule has 2 heteroatoms. The molecule has 0 unspecified atom stereocenters. The number of nitrogens with zero attached hydrogens (tertiary/aromatic N) is 1. The Kier molecular flexibility index (Phi) is 3.30. The first-order valence-corrected chi connectivity index (χ1v) is 7.90. The van der Waals surface area contributed by atoms with Crippen LogP contribution in [0.1, 0.15) is 34.6 Å². The summed E-state index contributed by atoms with van der Waals surface area (Å²) in [7, 11) is 0. The van der Waals surface area contributed by atoms with E-state index in [9.17, 15) is 4.79 Å². The summed E-state index contributed by atoms with van der Waals surface area (Å²) in [6.45, 7) is 1.42. The molecule has 22 heavy (non-hydrogen) atoms. The van der Waals surface area contributed by atoms with Crippen LogP contribution in [0.15, 0.2) is 60.7 Å². The van der Waals surface area contributed by atoms with E-state index in [2.05, 4.69) is 42.5 Å². The van der Waals surface area contributed by atoms with Gasteiger partial charge in [0.05, 0.1) is 0 Å². The summed E-state index contributed by atoms with van der Waals surface area (Å²) in [6.07, 6.45) is 6.01. The summed E-state index contributed by atoms with van der Waals surface area (Å²) in [5, 5.41) is 0. The highest BCUT2D eigenvalue weighted by Crippen LogP contribution is 2.36. The lowest BCUT2D eigenvalue weighted by atomic mass is 9.83. The maximum atomic E-state index is 12.7. The molecule has 0 spiro atoms. The second-order valence-corrected chi connectivity index (χ2v) is 6.17. The van der Waals surface area contributed by atoms with Crippen LogP contribution >= 0.6 is 0 Å². The van der Waals surface area contributed by atoms with E-state index in [4.69, 9.17) is 0 Å². The van der Waals surface area contributed by atoms with Gasteiger partial charge in [-0.15, -0.1) is 0 Å². The smallest absolute Gasteiger partial charge is 0.224 e. The quantitative estimate of drug-likeness (QED) is 0.770. The molecule has 2 aromatic rings. The predicted octanol–water partition coefficient (Wildman–Crippen LogP) is 3.82. The highest BCUT2D eigenvalue weighted by Gasteiger charge is 2.29. The molecule has 1 amide bonds. The molecule has 0 radical (unpaired) electrons. The van der Waals surface area contributed by atoms with Crippen LogP contribution < -0.4 is 0 Å². The minimum Gasteiger partial charge on any atom is -0.334 e. The van der Waals surface area contributed by atoms with Gasteiger partial charge in [0.15, 0.2) is 0 Å².